The molecule has 2 unspecified atom stereocenters. The van der Waals surface area contributed by atoms with E-state index in [-0.39, 0.29) is 37.8 Å². The number of ether oxygens (including phenoxy) is 9. The Kier molecular flexibility index (Phi) is 18.2. The van der Waals surface area contributed by atoms with E-state index in [2.05, 4.69) is 14.2 Å². The normalized spacial score (nSPS) is 17.8. The molecule has 0 radical (unpaired) electrons. The molecule has 0 N–H and O–H groups in total. The molecule has 0 amide bonds. The van der Waals surface area contributed by atoms with E-state index in [1.54, 1.807) is 76.2 Å². The fraction of sp³-hybridized carbons (Fsp3) is 0.526. The molecule has 15 nitrogen and oxygen atoms in total. The summed E-state index contributed by atoms with van der Waals surface area (Å²) in [6, 6.07) is 13.4. The second kappa shape index (κ2) is 21.7. The monoisotopic (exact) mass is 746 g/mol. The van der Waals surface area contributed by atoms with Crippen molar-refractivity contribution >= 4 is 35.3 Å². The van der Waals surface area contributed by atoms with Crippen LogP contribution in [0.25, 0.3) is 0 Å². The molecule has 2 aromatic carbocycles. The first-order chi connectivity index (χ1) is 25.0. The molecule has 0 aliphatic carbocycles. The smallest absolute Gasteiger partial charge is 0.417 e. The third kappa shape index (κ3) is 16.7. The number of rotatable bonds is 14. The fourth-order valence-corrected chi connectivity index (χ4v) is 4.50. The van der Waals surface area contributed by atoms with Crippen LogP contribution in [0.2, 0.25) is 0 Å². The Morgan fingerprint density at radius 1 is 0.604 bits per heavy atom. The van der Waals surface area contributed by atoms with E-state index in [4.69, 9.17) is 28.4 Å². The number of hydrogen-bond acceptors (Lipinski definition) is 15. The molecule has 2 heterocycles. The van der Waals surface area contributed by atoms with Gasteiger partial charge in [0, 0.05) is 11.1 Å². The Morgan fingerprint density at radius 2 is 0.981 bits per heavy atom. The lowest BCUT2D eigenvalue weighted by molar-refractivity contribution is -0.167. The second-order valence-electron chi connectivity index (χ2n) is 12.3. The standard InChI is InChI=1S/C18H22O7.C14H18O4.C6H10O4/c1-4-22-17(21)16(20)9-15(19)12-5-7-13(8-6-12)23-10-14-11-24-18(2,3)25-14;1-10(15)11-4-6-12(7-5-11)16-8-13-9-17-14(2,3)18-13;1-3-9-5(7)6(8)10-4-2/h5-8,14H,4,9-11H2,1-3H3;4-7,13H,8-9H2,1-3H3;3-4H2,1-2H3. The topological polar surface area (TPSA) is 185 Å². The quantitative estimate of drug-likeness (QED) is 0.0867. The number of hydrogen-bond donors (Lipinski definition) is 0. The van der Waals surface area contributed by atoms with E-state index < -0.39 is 47.5 Å². The fourth-order valence-electron chi connectivity index (χ4n) is 4.50. The highest BCUT2D eigenvalue weighted by Crippen LogP contribution is 2.24. The van der Waals surface area contributed by atoms with Crippen molar-refractivity contribution in [3.8, 4) is 11.5 Å². The van der Waals surface area contributed by atoms with Gasteiger partial charge in [-0.1, -0.05) is 0 Å². The van der Waals surface area contributed by atoms with Crippen LogP contribution in [0.15, 0.2) is 48.5 Å². The molecular formula is C38H50O15. The summed E-state index contributed by atoms with van der Waals surface area (Å²) in [6.45, 7) is 16.1. The van der Waals surface area contributed by atoms with Gasteiger partial charge in [-0.05, 0) is 104 Å². The highest BCUT2D eigenvalue weighted by molar-refractivity contribution is 6.38. The van der Waals surface area contributed by atoms with Crippen molar-refractivity contribution in [2.45, 2.75) is 85.6 Å². The van der Waals surface area contributed by atoms with E-state index in [0.29, 0.717) is 43.3 Å². The van der Waals surface area contributed by atoms with Gasteiger partial charge in [0.05, 0.1) is 39.5 Å². The van der Waals surface area contributed by atoms with E-state index in [1.807, 2.05) is 27.7 Å². The molecule has 2 aliphatic rings. The zero-order chi connectivity index (χ0) is 39.6. The molecule has 2 aliphatic heterocycles. The van der Waals surface area contributed by atoms with Gasteiger partial charge in [-0.3, -0.25) is 14.4 Å². The molecule has 15 heteroatoms. The van der Waals surface area contributed by atoms with Crippen LogP contribution in [0.3, 0.4) is 0 Å². The maximum atomic E-state index is 12.0. The third-order valence-corrected chi connectivity index (χ3v) is 6.99. The summed E-state index contributed by atoms with van der Waals surface area (Å²) in [5, 5.41) is 0. The van der Waals surface area contributed by atoms with Crippen molar-refractivity contribution in [1.82, 2.24) is 0 Å². The van der Waals surface area contributed by atoms with Crippen molar-refractivity contribution < 1.29 is 71.4 Å². The summed E-state index contributed by atoms with van der Waals surface area (Å²) in [7, 11) is 0. The van der Waals surface area contributed by atoms with Crippen molar-refractivity contribution in [3.05, 3.63) is 59.7 Å². The molecule has 0 bridgehead atoms. The maximum Gasteiger partial charge on any atom is 0.417 e. The number of esters is 3. The molecule has 2 saturated heterocycles. The third-order valence-electron chi connectivity index (χ3n) is 6.99. The molecule has 2 fully saturated rings. The van der Waals surface area contributed by atoms with Crippen LogP contribution in [-0.4, -0.2) is 105 Å². The minimum absolute atomic E-state index is 0.0486. The Morgan fingerprint density at radius 3 is 1.32 bits per heavy atom. The maximum absolute atomic E-state index is 12.0. The molecule has 53 heavy (non-hydrogen) atoms. The van der Waals surface area contributed by atoms with Crippen molar-refractivity contribution in [2.24, 2.45) is 0 Å². The molecule has 0 saturated carbocycles. The van der Waals surface area contributed by atoms with Gasteiger partial charge in [0.2, 0.25) is 5.78 Å². The van der Waals surface area contributed by atoms with Crippen molar-refractivity contribution in [2.75, 3.05) is 46.2 Å². The van der Waals surface area contributed by atoms with Gasteiger partial charge in [-0.2, -0.15) is 0 Å². The minimum atomic E-state index is -0.988. The number of carbonyl (C=O) groups excluding carboxylic acids is 6. The Hall–Kier alpha value is -4.70. The number of Topliss-reactive ketones (excluding diaryl/α,β-unsaturated/α-hetero) is 3. The number of ketones is 3. The minimum Gasteiger partial charge on any atom is -0.491 e. The van der Waals surface area contributed by atoms with E-state index >= 15 is 0 Å². The Bertz CT molecular complexity index is 1500. The number of carbonyl (C=O) groups is 6. The van der Waals surface area contributed by atoms with Crippen LogP contribution in [0.5, 0.6) is 11.5 Å². The van der Waals surface area contributed by atoms with Crippen LogP contribution >= 0.6 is 0 Å². The van der Waals surface area contributed by atoms with Crippen LogP contribution in [-0.2, 0) is 52.3 Å². The molecule has 2 atom stereocenters. The van der Waals surface area contributed by atoms with Crippen LogP contribution in [0, 0.1) is 0 Å². The summed E-state index contributed by atoms with van der Waals surface area (Å²) >= 11 is 0. The van der Waals surface area contributed by atoms with Gasteiger partial charge in [-0.25, -0.2) is 14.4 Å². The molecule has 4 rings (SSSR count). The van der Waals surface area contributed by atoms with Gasteiger partial charge in [0.15, 0.2) is 23.1 Å². The molecule has 2 aromatic rings. The lowest BCUT2D eigenvalue weighted by Crippen LogP contribution is -2.25. The molecule has 0 aromatic heterocycles. The Balaban J connectivity index is 0.000000303. The summed E-state index contributed by atoms with van der Waals surface area (Å²) < 4.78 is 46.6. The van der Waals surface area contributed by atoms with Crippen LogP contribution in [0.4, 0.5) is 0 Å². The average Bonchev–Trinajstić information content (AvgIpc) is 3.66. The molecule has 0 spiro atoms. The number of benzene rings is 2. The summed E-state index contributed by atoms with van der Waals surface area (Å²) in [5.74, 6) is -3.91. The van der Waals surface area contributed by atoms with Gasteiger partial charge in [-0.15, -0.1) is 0 Å². The first-order valence-electron chi connectivity index (χ1n) is 17.2. The van der Waals surface area contributed by atoms with Crippen LogP contribution in [0.1, 0.15) is 82.5 Å². The predicted molar refractivity (Wildman–Crippen MR) is 188 cm³/mol. The predicted octanol–water partition coefficient (Wildman–Crippen LogP) is 4.45. The second-order valence-corrected chi connectivity index (χ2v) is 12.3. The zero-order valence-electron chi connectivity index (χ0n) is 31.6. The van der Waals surface area contributed by atoms with Gasteiger partial charge < -0.3 is 42.6 Å². The zero-order valence-corrected chi connectivity index (χ0v) is 31.6. The molecule has 292 valence electrons. The van der Waals surface area contributed by atoms with E-state index in [0.717, 1.165) is 5.75 Å². The summed E-state index contributed by atoms with van der Waals surface area (Å²) in [4.78, 5) is 66.8. The van der Waals surface area contributed by atoms with Crippen molar-refractivity contribution in [3.63, 3.8) is 0 Å². The van der Waals surface area contributed by atoms with Crippen molar-refractivity contribution in [1.29, 1.82) is 0 Å². The van der Waals surface area contributed by atoms with Gasteiger partial charge >= 0.3 is 17.9 Å². The van der Waals surface area contributed by atoms with Crippen LogP contribution < -0.4 is 9.47 Å². The first-order valence-corrected chi connectivity index (χ1v) is 17.2. The molecular weight excluding hydrogens is 696 g/mol. The van der Waals surface area contributed by atoms with E-state index in [9.17, 15) is 28.8 Å². The van der Waals surface area contributed by atoms with E-state index in [1.165, 1.54) is 0 Å². The highest BCUT2D eigenvalue weighted by atomic mass is 16.8. The lowest BCUT2D eigenvalue weighted by Gasteiger charge is -2.17. The highest BCUT2D eigenvalue weighted by Gasteiger charge is 2.34. The largest absolute Gasteiger partial charge is 0.491 e. The first kappa shape index (κ1) is 44.5. The average molecular weight is 747 g/mol. The lowest BCUT2D eigenvalue weighted by atomic mass is 10.1. The summed E-state index contributed by atoms with van der Waals surface area (Å²) in [5.41, 5.74) is 1.01. The SMILES string of the molecule is CC(=O)c1ccc(OCC2COC(C)(C)O2)cc1.CCOC(=O)C(=O)CC(=O)c1ccc(OCC2COC(C)(C)O2)cc1.CCOC(=O)C(=O)OCC. The van der Waals surface area contributed by atoms with Gasteiger partial charge in [0.25, 0.3) is 0 Å². The summed E-state index contributed by atoms with van der Waals surface area (Å²) in [6.07, 6.45) is -0.715. The van der Waals surface area contributed by atoms with Gasteiger partial charge in [0.1, 0.15) is 36.9 Å². The Labute approximate surface area is 309 Å².